The number of benzene rings is 1. The van der Waals surface area contributed by atoms with Crippen LogP contribution in [0.2, 0.25) is 0 Å². The van der Waals surface area contributed by atoms with Crippen molar-refractivity contribution in [3.05, 3.63) is 48.2 Å². The molecule has 1 unspecified atom stereocenters. The van der Waals surface area contributed by atoms with Gasteiger partial charge in [0.25, 0.3) is 0 Å². The topological polar surface area (TPSA) is 55.4 Å². The van der Waals surface area contributed by atoms with Gasteiger partial charge in [-0.05, 0) is 68.0 Å². The molecule has 0 aliphatic carbocycles. The van der Waals surface area contributed by atoms with E-state index in [1.54, 1.807) is 13.3 Å². The molecular formula is C17H21N3O2S. The zero-order chi connectivity index (χ0) is 16.7. The van der Waals surface area contributed by atoms with Crippen molar-refractivity contribution >= 4 is 23.1 Å². The molecular weight excluding hydrogens is 310 g/mol. The van der Waals surface area contributed by atoms with Gasteiger partial charge in [0.2, 0.25) is 0 Å². The van der Waals surface area contributed by atoms with Crippen molar-refractivity contribution in [1.29, 1.82) is 0 Å². The zero-order valence-electron chi connectivity index (χ0n) is 13.5. The minimum atomic E-state index is 0.0573. The van der Waals surface area contributed by atoms with Crippen molar-refractivity contribution in [2.45, 2.75) is 19.9 Å². The van der Waals surface area contributed by atoms with Crippen LogP contribution in [0.4, 0.5) is 5.82 Å². The van der Waals surface area contributed by atoms with Crippen LogP contribution in [0.1, 0.15) is 12.5 Å². The van der Waals surface area contributed by atoms with E-state index in [1.165, 1.54) is 0 Å². The second kappa shape index (κ2) is 8.33. The summed E-state index contributed by atoms with van der Waals surface area (Å²) in [5.41, 5.74) is 1.13. The van der Waals surface area contributed by atoms with Crippen LogP contribution in [0.15, 0.2) is 42.6 Å². The van der Waals surface area contributed by atoms with Crippen molar-refractivity contribution in [3.8, 4) is 11.5 Å². The highest BCUT2D eigenvalue weighted by Gasteiger charge is 2.06. The summed E-state index contributed by atoms with van der Waals surface area (Å²) < 4.78 is 10.8. The van der Waals surface area contributed by atoms with Crippen molar-refractivity contribution in [3.63, 3.8) is 0 Å². The van der Waals surface area contributed by atoms with Crippen LogP contribution in [0.25, 0.3) is 0 Å². The molecule has 2 N–H and O–H groups in total. The van der Waals surface area contributed by atoms with Gasteiger partial charge >= 0.3 is 0 Å². The molecule has 1 aromatic heterocycles. The third-order valence-electron chi connectivity index (χ3n) is 3.09. The average molecular weight is 331 g/mol. The predicted octanol–water partition coefficient (Wildman–Crippen LogP) is 3.15. The molecule has 1 aromatic carbocycles. The standard InChI is InChI=1S/C17H21N3O2S/c1-12-8-9-18-16(10-12)20-17(23)19-13(2)11-22-15-6-4-14(21-3)5-7-15/h4-10,13H,11H2,1-3H3,(H2,18,19,20,23). The minimum absolute atomic E-state index is 0.0573. The first-order chi connectivity index (χ1) is 11.1. The summed E-state index contributed by atoms with van der Waals surface area (Å²) in [7, 11) is 1.64. The molecule has 0 aliphatic rings. The molecule has 23 heavy (non-hydrogen) atoms. The quantitative estimate of drug-likeness (QED) is 0.793. The van der Waals surface area contributed by atoms with Crippen LogP contribution in [0, 0.1) is 6.92 Å². The molecule has 0 bridgehead atoms. The zero-order valence-corrected chi connectivity index (χ0v) is 14.3. The van der Waals surface area contributed by atoms with Crippen LogP contribution < -0.4 is 20.1 Å². The Bertz CT molecular complexity index is 647. The van der Waals surface area contributed by atoms with Crippen molar-refractivity contribution in [2.24, 2.45) is 0 Å². The third kappa shape index (κ3) is 5.75. The Morgan fingerprint density at radius 2 is 1.91 bits per heavy atom. The molecule has 0 fully saturated rings. The number of ether oxygens (including phenoxy) is 2. The van der Waals surface area contributed by atoms with Crippen molar-refractivity contribution < 1.29 is 9.47 Å². The lowest BCUT2D eigenvalue weighted by atomic mass is 10.3. The van der Waals surface area contributed by atoms with Crippen LogP contribution in [-0.2, 0) is 0 Å². The number of nitrogens with zero attached hydrogens (tertiary/aromatic N) is 1. The fourth-order valence-corrected chi connectivity index (χ4v) is 2.22. The van der Waals surface area contributed by atoms with Crippen LogP contribution in [0.5, 0.6) is 11.5 Å². The van der Waals surface area contributed by atoms with E-state index in [1.807, 2.05) is 50.2 Å². The SMILES string of the molecule is COc1ccc(OCC(C)NC(=S)Nc2cc(C)ccn2)cc1. The van der Waals surface area contributed by atoms with Gasteiger partial charge in [0, 0.05) is 6.20 Å². The summed E-state index contributed by atoms with van der Waals surface area (Å²) in [4.78, 5) is 4.22. The first-order valence-corrected chi connectivity index (χ1v) is 7.74. The van der Waals surface area contributed by atoms with Gasteiger partial charge in [-0.25, -0.2) is 4.98 Å². The Balaban J connectivity index is 1.77. The van der Waals surface area contributed by atoms with E-state index in [0.717, 1.165) is 22.9 Å². The van der Waals surface area contributed by atoms with E-state index in [-0.39, 0.29) is 6.04 Å². The normalized spacial score (nSPS) is 11.4. The van der Waals surface area contributed by atoms with Gasteiger partial charge in [-0.3, -0.25) is 0 Å². The lowest BCUT2D eigenvalue weighted by Crippen LogP contribution is -2.39. The first-order valence-electron chi connectivity index (χ1n) is 7.34. The number of anilines is 1. The summed E-state index contributed by atoms with van der Waals surface area (Å²) in [6, 6.07) is 11.4. The van der Waals surface area contributed by atoms with Gasteiger partial charge in [0.1, 0.15) is 23.9 Å². The van der Waals surface area contributed by atoms with Crippen LogP contribution in [-0.4, -0.2) is 29.9 Å². The number of aromatic nitrogens is 1. The van der Waals surface area contributed by atoms with Crippen LogP contribution in [0.3, 0.4) is 0 Å². The summed E-state index contributed by atoms with van der Waals surface area (Å²) in [6.07, 6.45) is 1.75. The molecule has 5 nitrogen and oxygen atoms in total. The number of hydrogen-bond donors (Lipinski definition) is 2. The molecule has 122 valence electrons. The monoisotopic (exact) mass is 331 g/mol. The fraction of sp³-hybridized carbons (Fsp3) is 0.294. The Morgan fingerprint density at radius 3 is 2.57 bits per heavy atom. The molecule has 0 aliphatic heterocycles. The van der Waals surface area contributed by atoms with E-state index in [9.17, 15) is 0 Å². The molecule has 0 saturated heterocycles. The highest BCUT2D eigenvalue weighted by Crippen LogP contribution is 2.17. The number of hydrogen-bond acceptors (Lipinski definition) is 4. The van der Waals surface area contributed by atoms with Crippen molar-refractivity contribution in [1.82, 2.24) is 10.3 Å². The highest BCUT2D eigenvalue weighted by atomic mass is 32.1. The molecule has 2 rings (SSSR count). The molecule has 0 radical (unpaired) electrons. The van der Waals surface area contributed by atoms with E-state index in [0.29, 0.717) is 11.7 Å². The predicted molar refractivity (Wildman–Crippen MR) is 96.3 cm³/mol. The van der Waals surface area contributed by atoms with Gasteiger partial charge in [-0.2, -0.15) is 0 Å². The van der Waals surface area contributed by atoms with Crippen molar-refractivity contribution in [2.75, 3.05) is 19.0 Å². The van der Waals surface area contributed by atoms with E-state index < -0.39 is 0 Å². The molecule has 0 spiro atoms. The largest absolute Gasteiger partial charge is 0.497 e. The first kappa shape index (κ1) is 17.0. The summed E-state index contributed by atoms with van der Waals surface area (Å²) in [5.74, 6) is 2.32. The number of rotatable bonds is 6. The molecule has 0 amide bonds. The Labute approximate surface area is 142 Å². The molecule has 2 aromatic rings. The second-order valence-corrected chi connectivity index (χ2v) is 5.61. The maximum absolute atomic E-state index is 5.72. The fourth-order valence-electron chi connectivity index (χ4n) is 1.92. The number of methoxy groups -OCH3 is 1. The molecule has 0 saturated carbocycles. The number of nitrogens with one attached hydrogen (secondary N) is 2. The summed E-state index contributed by atoms with van der Waals surface area (Å²) in [5, 5.41) is 6.76. The number of aryl methyl sites for hydroxylation is 1. The molecule has 1 atom stereocenters. The Hall–Kier alpha value is -2.34. The summed E-state index contributed by atoms with van der Waals surface area (Å²) >= 11 is 5.28. The lowest BCUT2D eigenvalue weighted by molar-refractivity contribution is 0.286. The van der Waals surface area contributed by atoms with Crippen LogP contribution >= 0.6 is 12.2 Å². The molecule has 1 heterocycles. The van der Waals surface area contributed by atoms with Gasteiger partial charge in [-0.1, -0.05) is 0 Å². The smallest absolute Gasteiger partial charge is 0.172 e. The molecule has 6 heteroatoms. The number of thiocarbonyl (C=S) groups is 1. The Morgan fingerprint density at radius 1 is 1.22 bits per heavy atom. The van der Waals surface area contributed by atoms with Gasteiger partial charge < -0.3 is 20.1 Å². The second-order valence-electron chi connectivity index (χ2n) is 5.20. The highest BCUT2D eigenvalue weighted by molar-refractivity contribution is 7.80. The summed E-state index contributed by atoms with van der Waals surface area (Å²) in [6.45, 7) is 4.51. The van der Waals surface area contributed by atoms with Gasteiger partial charge in [0.15, 0.2) is 5.11 Å². The van der Waals surface area contributed by atoms with E-state index >= 15 is 0 Å². The van der Waals surface area contributed by atoms with E-state index in [4.69, 9.17) is 21.7 Å². The third-order valence-corrected chi connectivity index (χ3v) is 3.31. The number of pyridine rings is 1. The average Bonchev–Trinajstić information content (AvgIpc) is 2.53. The maximum atomic E-state index is 5.72. The van der Waals surface area contributed by atoms with Gasteiger partial charge in [-0.15, -0.1) is 0 Å². The Kier molecular flexibility index (Phi) is 6.17. The minimum Gasteiger partial charge on any atom is -0.497 e. The van der Waals surface area contributed by atoms with Gasteiger partial charge in [0.05, 0.1) is 13.2 Å². The maximum Gasteiger partial charge on any atom is 0.172 e. The van der Waals surface area contributed by atoms with E-state index in [2.05, 4.69) is 15.6 Å². The lowest BCUT2D eigenvalue weighted by Gasteiger charge is -2.17.